The van der Waals surface area contributed by atoms with E-state index in [0.29, 0.717) is 0 Å². The van der Waals surface area contributed by atoms with Crippen molar-refractivity contribution in [3.63, 3.8) is 0 Å². The van der Waals surface area contributed by atoms with Gasteiger partial charge in [0.05, 0.1) is 0 Å². The summed E-state index contributed by atoms with van der Waals surface area (Å²) in [4.78, 5) is 69.9. The van der Waals surface area contributed by atoms with Gasteiger partial charge in [0.2, 0.25) is 11.6 Å². The minimum atomic E-state index is -0.724. The topological polar surface area (TPSA) is 181 Å². The van der Waals surface area contributed by atoms with Crippen LogP contribution < -0.4 is 44.2 Å². The van der Waals surface area contributed by atoms with E-state index in [0.717, 1.165) is 0 Å². The fourth-order valence-electron chi connectivity index (χ4n) is 1.98. The van der Waals surface area contributed by atoms with E-state index in [1.165, 1.54) is 0 Å². The maximum absolute atomic E-state index is 11.6. The third-order valence-electron chi connectivity index (χ3n) is 2.87. The number of fused-ring (bicyclic) bond motifs is 2. The highest BCUT2D eigenvalue weighted by Gasteiger charge is 2.16. The van der Waals surface area contributed by atoms with Crippen molar-refractivity contribution < 1.29 is 0 Å². The predicted octanol–water partition coefficient (Wildman–Crippen LogP) is -5.23. The van der Waals surface area contributed by atoms with E-state index in [-0.39, 0.29) is 33.3 Å². The van der Waals surface area contributed by atoms with E-state index >= 15 is 0 Å². The Hall–Kier alpha value is -3.70. The van der Waals surface area contributed by atoms with Crippen LogP contribution in [0.5, 0.6) is 0 Å². The highest BCUT2D eigenvalue weighted by molar-refractivity contribution is 5.17. The third kappa shape index (κ3) is 1.64. The number of nitrogens with one attached hydrogen (secondary N) is 4. The molecule has 22 heavy (non-hydrogen) atoms. The lowest BCUT2D eigenvalue weighted by Crippen LogP contribution is -2.46. The summed E-state index contributed by atoms with van der Waals surface area (Å²) in [5, 5.41) is -0.184. The lowest BCUT2D eigenvalue weighted by molar-refractivity contribution is 0.951. The highest BCUT2D eigenvalue weighted by Crippen LogP contribution is 2.10. The summed E-state index contributed by atoms with van der Waals surface area (Å²) in [6.07, 6.45) is 0. The Morgan fingerprint density at radius 3 is 1.36 bits per heavy atom. The zero-order valence-electron chi connectivity index (χ0n) is 10.4. The van der Waals surface area contributed by atoms with Crippen LogP contribution in [-0.4, -0.2) is 19.9 Å². The monoisotopic (exact) mass is 300 g/mol. The van der Waals surface area contributed by atoms with Crippen LogP contribution in [-0.2, 0) is 0 Å². The predicted molar refractivity (Wildman–Crippen MR) is 67.0 cm³/mol. The van der Waals surface area contributed by atoms with Gasteiger partial charge in [0, 0.05) is 0 Å². The molecular weight excluding hydrogens is 296 g/mol. The zero-order valence-corrected chi connectivity index (χ0v) is 10.4. The zero-order chi connectivity index (χ0) is 15.4. The van der Waals surface area contributed by atoms with Gasteiger partial charge < -0.3 is 0 Å². The van der Waals surface area contributed by atoms with E-state index in [4.69, 9.17) is 0 Å². The second-order valence-electron chi connectivity index (χ2n) is 4.31. The fourth-order valence-corrected chi connectivity index (χ4v) is 1.98. The van der Waals surface area contributed by atoms with E-state index in [2.05, 4.69) is 29.9 Å². The lowest BCUT2D eigenvalue weighted by Gasteiger charge is -1.88. The summed E-state index contributed by atoms with van der Waals surface area (Å²) in [5.74, 6) is -0.113. The summed E-state index contributed by atoms with van der Waals surface area (Å²) >= 11 is 0. The van der Waals surface area contributed by atoms with Gasteiger partial charge in [0.15, 0.2) is 21.7 Å². The van der Waals surface area contributed by atoms with Crippen LogP contribution >= 0.6 is 0 Å². The summed E-state index contributed by atoms with van der Waals surface area (Å²) in [7, 11) is 0. The maximum atomic E-state index is 11.6. The van der Waals surface area contributed by atoms with Crippen molar-refractivity contribution in [1.82, 2.24) is 19.9 Å². The van der Waals surface area contributed by atoms with Gasteiger partial charge in [-0.15, -0.1) is 0 Å². The molecule has 4 rings (SSSR count). The minimum absolute atomic E-state index is 0.0278. The number of rotatable bonds is 0. The van der Waals surface area contributed by atoms with Crippen LogP contribution in [0.4, 0.5) is 0 Å². The van der Waals surface area contributed by atoms with Crippen molar-refractivity contribution in [2.24, 2.45) is 20.0 Å². The number of hydrogen-bond acceptors (Lipinski definition) is 8. The quantitative estimate of drug-likeness (QED) is 0.379. The van der Waals surface area contributed by atoms with Gasteiger partial charge in [-0.05, 0) is 0 Å². The molecule has 2 aliphatic heterocycles. The average molecular weight is 300 g/mol. The number of hydrogen-bond donors (Lipinski definition) is 4. The molecule has 0 spiro atoms. The lowest BCUT2D eigenvalue weighted by atomic mass is 10.6. The Morgan fingerprint density at radius 2 is 0.955 bits per heavy atom. The van der Waals surface area contributed by atoms with Crippen molar-refractivity contribution in [2.45, 2.75) is 0 Å². The molecule has 0 saturated heterocycles. The van der Waals surface area contributed by atoms with Crippen molar-refractivity contribution >= 4 is 0 Å². The highest BCUT2D eigenvalue weighted by atomic mass is 16.2. The Bertz CT molecular complexity index is 1240. The second-order valence-corrected chi connectivity index (χ2v) is 4.31. The molecule has 4 heterocycles. The van der Waals surface area contributed by atoms with E-state index < -0.39 is 22.5 Å². The molecule has 12 heteroatoms. The maximum Gasteiger partial charge on any atom is 0.327 e. The smallest absolute Gasteiger partial charge is 0.290 e. The van der Waals surface area contributed by atoms with Crippen LogP contribution in [0.15, 0.2) is 50.8 Å². The summed E-state index contributed by atoms with van der Waals surface area (Å²) in [6, 6.07) is 0. The van der Waals surface area contributed by atoms with Gasteiger partial charge in [-0.1, -0.05) is 0 Å². The van der Waals surface area contributed by atoms with Gasteiger partial charge in [0.25, 0.3) is 11.1 Å². The minimum Gasteiger partial charge on any atom is -0.290 e. The van der Waals surface area contributed by atoms with Crippen LogP contribution in [0.25, 0.3) is 0 Å². The van der Waals surface area contributed by atoms with Crippen molar-refractivity contribution in [2.75, 3.05) is 0 Å². The summed E-state index contributed by atoms with van der Waals surface area (Å²) in [5.41, 5.74) is -2.92. The Balaban J connectivity index is 2.08. The molecule has 2 aromatic rings. The molecule has 2 aliphatic rings. The molecule has 0 aromatic carbocycles. The fraction of sp³-hybridized carbons (Fsp3) is 0. The molecule has 4 N–H and O–H groups in total. The molecule has 0 fully saturated rings. The molecule has 0 aliphatic carbocycles. The van der Waals surface area contributed by atoms with Crippen molar-refractivity contribution in [1.29, 1.82) is 0 Å². The Kier molecular flexibility index (Phi) is 2.14. The van der Waals surface area contributed by atoms with E-state index in [1.54, 1.807) is 0 Å². The second kappa shape index (κ2) is 3.91. The SMILES string of the molecule is O=c1[nH]c(=O)c2c([nH]1)=NC(=C1N=c3[nH]c(=O)[nH]c(=O)c3=N1)N=2. The number of aromatic amines is 4. The first-order valence-corrected chi connectivity index (χ1v) is 5.86. The molecule has 0 saturated carbocycles. The molecule has 108 valence electrons. The van der Waals surface area contributed by atoms with Gasteiger partial charge in [-0.2, -0.15) is 0 Å². The molecule has 0 unspecified atom stereocenters. The van der Waals surface area contributed by atoms with Crippen LogP contribution in [0, 0.1) is 0 Å². The van der Waals surface area contributed by atoms with Crippen LogP contribution in [0.1, 0.15) is 0 Å². The molecule has 12 nitrogen and oxygen atoms in total. The van der Waals surface area contributed by atoms with Gasteiger partial charge >= 0.3 is 11.4 Å². The van der Waals surface area contributed by atoms with Gasteiger partial charge in [-0.25, -0.2) is 29.6 Å². The Morgan fingerprint density at radius 1 is 0.545 bits per heavy atom. The van der Waals surface area contributed by atoms with E-state index in [9.17, 15) is 19.2 Å². The first-order chi connectivity index (χ1) is 10.5. The average Bonchev–Trinajstić information content (AvgIpc) is 3.01. The van der Waals surface area contributed by atoms with Gasteiger partial charge in [-0.3, -0.25) is 29.5 Å². The van der Waals surface area contributed by atoms with Crippen LogP contribution in [0.3, 0.4) is 0 Å². The van der Waals surface area contributed by atoms with Crippen molar-refractivity contribution in [3.05, 3.63) is 75.0 Å². The molecule has 2 aromatic heterocycles. The largest absolute Gasteiger partial charge is 0.327 e. The Labute approximate surface area is 116 Å². The third-order valence-corrected chi connectivity index (χ3v) is 2.87. The normalized spacial score (nSPS) is 17.8. The standard InChI is InChI=1S/C10H4N8O4/c19-7-1-3(15-9(21)17-7)13-5(11-1)6-12-2-4(14-6)16-10(22)18-8(2)20/h(H2,13,15,17,19,21)(H2,14,16,18,20,22). The van der Waals surface area contributed by atoms with Crippen LogP contribution in [0.2, 0.25) is 0 Å². The molecule has 0 amide bonds. The molecular formula is C10H4N8O4. The number of H-pyrrole nitrogens is 4. The molecule has 0 bridgehead atoms. The molecule has 0 radical (unpaired) electrons. The number of nitrogens with zero attached hydrogens (tertiary/aromatic N) is 4. The summed E-state index contributed by atoms with van der Waals surface area (Å²) in [6.45, 7) is 0. The van der Waals surface area contributed by atoms with Crippen molar-refractivity contribution in [3.8, 4) is 0 Å². The first kappa shape index (κ1) is 12.1. The van der Waals surface area contributed by atoms with Gasteiger partial charge in [0.1, 0.15) is 0 Å². The van der Waals surface area contributed by atoms with E-state index in [1.807, 2.05) is 9.97 Å². The number of aromatic nitrogens is 4. The summed E-state index contributed by atoms with van der Waals surface area (Å²) < 4.78 is 0. The first-order valence-electron chi connectivity index (χ1n) is 5.86. The molecule has 0 atom stereocenters.